The van der Waals surface area contributed by atoms with Crippen molar-refractivity contribution in [2.24, 2.45) is 5.92 Å². The fourth-order valence-corrected chi connectivity index (χ4v) is 3.32. The summed E-state index contributed by atoms with van der Waals surface area (Å²) in [5.74, 6) is -0.497. The van der Waals surface area contributed by atoms with Gasteiger partial charge in [-0.2, -0.15) is 0 Å². The van der Waals surface area contributed by atoms with Gasteiger partial charge in [0.05, 0.1) is 12.2 Å². The van der Waals surface area contributed by atoms with Crippen LogP contribution < -0.4 is 10.6 Å². The number of nitrogens with one attached hydrogen (secondary N) is 2. The molecule has 1 atom stereocenters. The Bertz CT molecular complexity index is 468. The van der Waals surface area contributed by atoms with Crippen molar-refractivity contribution in [1.82, 2.24) is 14.9 Å². The van der Waals surface area contributed by atoms with Crippen LogP contribution in [-0.2, 0) is 19.6 Å². The molecular weight excluding hydrogens is 270 g/mol. The highest BCUT2D eigenvalue weighted by Gasteiger charge is 2.31. The maximum Gasteiger partial charge on any atom is 0.225 e. The number of carbonyl (C=O) groups is 2. The first-order valence-electron chi connectivity index (χ1n) is 6.38. The van der Waals surface area contributed by atoms with Gasteiger partial charge in [-0.15, -0.1) is 0 Å². The SMILES string of the molecule is CS(=O)(=O)N1CCC(NC(=O)C2CNC(=O)C2)CC1. The lowest BCUT2D eigenvalue weighted by atomic mass is 10.0. The molecule has 0 aliphatic carbocycles. The van der Waals surface area contributed by atoms with Crippen molar-refractivity contribution in [3.8, 4) is 0 Å². The third-order valence-corrected chi connectivity index (χ3v) is 4.92. The smallest absolute Gasteiger partial charge is 0.225 e. The van der Waals surface area contributed by atoms with Crippen molar-refractivity contribution in [3.63, 3.8) is 0 Å². The second-order valence-corrected chi connectivity index (χ2v) is 7.13. The zero-order valence-corrected chi connectivity index (χ0v) is 11.7. The van der Waals surface area contributed by atoms with Gasteiger partial charge < -0.3 is 10.6 Å². The Balaban J connectivity index is 1.79. The highest BCUT2D eigenvalue weighted by molar-refractivity contribution is 7.88. The van der Waals surface area contributed by atoms with E-state index < -0.39 is 10.0 Å². The molecule has 0 bridgehead atoms. The van der Waals surface area contributed by atoms with Gasteiger partial charge in [0.1, 0.15) is 0 Å². The van der Waals surface area contributed by atoms with Crippen molar-refractivity contribution in [2.45, 2.75) is 25.3 Å². The summed E-state index contributed by atoms with van der Waals surface area (Å²) < 4.78 is 24.1. The molecule has 19 heavy (non-hydrogen) atoms. The van der Waals surface area contributed by atoms with Gasteiger partial charge in [-0.1, -0.05) is 0 Å². The first kappa shape index (κ1) is 14.3. The Kier molecular flexibility index (Phi) is 4.10. The maximum absolute atomic E-state index is 11.9. The molecule has 8 heteroatoms. The van der Waals surface area contributed by atoms with Crippen molar-refractivity contribution in [3.05, 3.63) is 0 Å². The van der Waals surface area contributed by atoms with Crippen LogP contribution in [-0.4, -0.2) is 56.5 Å². The summed E-state index contributed by atoms with van der Waals surface area (Å²) in [7, 11) is -3.13. The molecular formula is C11H19N3O4S. The Morgan fingerprint density at radius 3 is 2.47 bits per heavy atom. The van der Waals surface area contributed by atoms with Crippen LogP contribution in [0.5, 0.6) is 0 Å². The lowest BCUT2D eigenvalue weighted by molar-refractivity contribution is -0.127. The quantitative estimate of drug-likeness (QED) is 0.672. The van der Waals surface area contributed by atoms with E-state index in [1.807, 2.05) is 0 Å². The summed E-state index contributed by atoms with van der Waals surface area (Å²) in [6, 6.07) is 0.00111. The molecule has 0 aromatic carbocycles. The van der Waals surface area contributed by atoms with Crippen LogP contribution >= 0.6 is 0 Å². The number of piperidine rings is 1. The van der Waals surface area contributed by atoms with E-state index in [-0.39, 0.29) is 30.2 Å². The minimum atomic E-state index is -3.13. The molecule has 2 N–H and O–H groups in total. The van der Waals surface area contributed by atoms with E-state index in [9.17, 15) is 18.0 Å². The number of rotatable bonds is 3. The van der Waals surface area contributed by atoms with Crippen LogP contribution in [0, 0.1) is 5.92 Å². The van der Waals surface area contributed by atoms with Crippen molar-refractivity contribution in [2.75, 3.05) is 25.9 Å². The predicted molar refractivity (Wildman–Crippen MR) is 68.7 cm³/mol. The number of amides is 2. The van der Waals surface area contributed by atoms with Gasteiger partial charge in [-0.25, -0.2) is 12.7 Å². The molecule has 1 unspecified atom stereocenters. The van der Waals surface area contributed by atoms with E-state index in [1.165, 1.54) is 10.6 Å². The van der Waals surface area contributed by atoms with Crippen LogP contribution in [0.1, 0.15) is 19.3 Å². The zero-order valence-electron chi connectivity index (χ0n) is 10.9. The molecule has 0 saturated carbocycles. The van der Waals surface area contributed by atoms with Crippen molar-refractivity contribution >= 4 is 21.8 Å². The largest absolute Gasteiger partial charge is 0.355 e. The molecule has 0 aromatic heterocycles. The van der Waals surface area contributed by atoms with E-state index in [0.29, 0.717) is 32.5 Å². The molecule has 2 amide bonds. The maximum atomic E-state index is 11.9. The number of hydrogen-bond acceptors (Lipinski definition) is 4. The van der Waals surface area contributed by atoms with Crippen LogP contribution in [0.3, 0.4) is 0 Å². The Morgan fingerprint density at radius 2 is 2.00 bits per heavy atom. The summed E-state index contributed by atoms with van der Waals surface area (Å²) in [6.07, 6.45) is 2.68. The highest BCUT2D eigenvalue weighted by atomic mass is 32.2. The normalized spacial score (nSPS) is 26.2. The number of sulfonamides is 1. The predicted octanol–water partition coefficient (Wildman–Crippen LogP) is -1.34. The molecule has 7 nitrogen and oxygen atoms in total. The number of nitrogens with zero attached hydrogens (tertiary/aromatic N) is 1. The van der Waals surface area contributed by atoms with Gasteiger partial charge in [-0.05, 0) is 12.8 Å². The molecule has 0 spiro atoms. The second kappa shape index (κ2) is 5.46. The first-order valence-corrected chi connectivity index (χ1v) is 8.23. The Labute approximate surface area is 112 Å². The molecule has 2 aliphatic rings. The van der Waals surface area contributed by atoms with Gasteiger partial charge in [-0.3, -0.25) is 9.59 Å². The fourth-order valence-electron chi connectivity index (χ4n) is 2.44. The molecule has 2 heterocycles. The molecule has 0 aromatic rings. The minimum absolute atomic E-state index is 0.00111. The molecule has 108 valence electrons. The van der Waals surface area contributed by atoms with E-state index in [4.69, 9.17) is 0 Å². The first-order chi connectivity index (χ1) is 8.86. The molecule has 0 radical (unpaired) electrons. The summed E-state index contributed by atoms with van der Waals surface area (Å²) >= 11 is 0. The molecule has 2 saturated heterocycles. The molecule has 2 aliphatic heterocycles. The Hall–Kier alpha value is -1.15. The summed E-state index contributed by atoms with van der Waals surface area (Å²) in [5.41, 5.74) is 0. The van der Waals surface area contributed by atoms with Crippen LogP contribution in [0.4, 0.5) is 0 Å². The van der Waals surface area contributed by atoms with Crippen LogP contribution in [0.2, 0.25) is 0 Å². The van der Waals surface area contributed by atoms with Gasteiger partial charge in [0, 0.05) is 32.1 Å². The third kappa shape index (κ3) is 3.66. The van der Waals surface area contributed by atoms with Gasteiger partial charge in [0.15, 0.2) is 0 Å². The van der Waals surface area contributed by atoms with Crippen LogP contribution in [0.25, 0.3) is 0 Å². The van der Waals surface area contributed by atoms with Crippen molar-refractivity contribution < 1.29 is 18.0 Å². The Morgan fingerprint density at radius 1 is 1.37 bits per heavy atom. The van der Waals surface area contributed by atoms with Crippen molar-refractivity contribution in [1.29, 1.82) is 0 Å². The summed E-state index contributed by atoms with van der Waals surface area (Å²) in [5, 5.41) is 5.53. The van der Waals surface area contributed by atoms with Gasteiger partial charge in [0.25, 0.3) is 0 Å². The summed E-state index contributed by atoms with van der Waals surface area (Å²) in [4.78, 5) is 22.9. The van der Waals surface area contributed by atoms with Gasteiger partial charge >= 0.3 is 0 Å². The topological polar surface area (TPSA) is 95.6 Å². The summed E-state index contributed by atoms with van der Waals surface area (Å²) in [6.45, 7) is 1.27. The minimum Gasteiger partial charge on any atom is -0.355 e. The second-order valence-electron chi connectivity index (χ2n) is 5.15. The monoisotopic (exact) mass is 289 g/mol. The van der Waals surface area contributed by atoms with E-state index in [0.717, 1.165) is 0 Å². The lowest BCUT2D eigenvalue weighted by Gasteiger charge is -2.31. The lowest BCUT2D eigenvalue weighted by Crippen LogP contribution is -2.47. The highest BCUT2D eigenvalue weighted by Crippen LogP contribution is 2.15. The number of carbonyl (C=O) groups excluding carboxylic acids is 2. The number of hydrogen-bond donors (Lipinski definition) is 2. The average molecular weight is 289 g/mol. The van der Waals surface area contributed by atoms with E-state index >= 15 is 0 Å². The zero-order chi connectivity index (χ0) is 14.0. The third-order valence-electron chi connectivity index (χ3n) is 3.62. The molecule has 2 fully saturated rings. The van der Waals surface area contributed by atoms with E-state index in [1.54, 1.807) is 0 Å². The fraction of sp³-hybridized carbons (Fsp3) is 0.818. The van der Waals surface area contributed by atoms with E-state index in [2.05, 4.69) is 10.6 Å². The standard InChI is InChI=1S/C11H19N3O4S/c1-19(17,18)14-4-2-9(3-5-14)13-11(16)8-6-10(15)12-7-8/h8-9H,2-7H2,1H3,(H,12,15)(H,13,16). The average Bonchev–Trinajstić information content (AvgIpc) is 2.75. The molecule has 2 rings (SSSR count). The van der Waals surface area contributed by atoms with Crippen LogP contribution in [0.15, 0.2) is 0 Å². The van der Waals surface area contributed by atoms with Gasteiger partial charge in [0.2, 0.25) is 21.8 Å².